The molecule has 22 heavy (non-hydrogen) atoms. The van der Waals surface area contributed by atoms with Gasteiger partial charge in [-0.05, 0) is 24.8 Å². The molecule has 0 aromatic heterocycles. The minimum absolute atomic E-state index is 0.00927. The van der Waals surface area contributed by atoms with Gasteiger partial charge in [-0.2, -0.15) is 18.4 Å². The van der Waals surface area contributed by atoms with Gasteiger partial charge in [-0.3, -0.25) is 14.9 Å². The smallest absolute Gasteiger partial charge is 0.446 e. The van der Waals surface area contributed by atoms with Crippen LogP contribution < -0.4 is 0 Å². The molecule has 1 aromatic rings. The van der Waals surface area contributed by atoms with Crippen molar-refractivity contribution in [2.75, 3.05) is 6.61 Å². The van der Waals surface area contributed by atoms with Crippen molar-refractivity contribution >= 4 is 23.4 Å². The van der Waals surface area contributed by atoms with Crippen molar-refractivity contribution in [1.29, 1.82) is 5.26 Å². The van der Waals surface area contributed by atoms with Gasteiger partial charge in [0.05, 0.1) is 35.1 Å². The molecule has 118 valence electrons. The zero-order valence-corrected chi connectivity index (χ0v) is 12.0. The van der Waals surface area contributed by atoms with Gasteiger partial charge in [-0.1, -0.05) is 0 Å². The lowest BCUT2D eigenvalue weighted by Crippen LogP contribution is -2.12. The maximum Gasteiger partial charge on any atom is 0.446 e. The number of nitriles is 1. The van der Waals surface area contributed by atoms with E-state index in [0.29, 0.717) is 0 Å². The summed E-state index contributed by atoms with van der Waals surface area (Å²) in [6, 6.07) is 3.24. The third-order valence-corrected chi connectivity index (χ3v) is 3.18. The minimum Gasteiger partial charge on any atom is -0.466 e. The molecule has 0 aliphatic rings. The van der Waals surface area contributed by atoms with Crippen LogP contribution in [0.2, 0.25) is 0 Å². The van der Waals surface area contributed by atoms with Crippen molar-refractivity contribution in [2.45, 2.75) is 23.7 Å². The number of carbonyl (C=O) groups excluding carboxylic acids is 1. The normalized spacial score (nSPS) is 10.9. The lowest BCUT2D eigenvalue weighted by atomic mass is 10.1. The molecule has 6 nitrogen and oxygen atoms in total. The van der Waals surface area contributed by atoms with E-state index in [1.165, 1.54) is 6.92 Å². The average Bonchev–Trinajstić information content (AvgIpc) is 2.38. The third-order valence-electron chi connectivity index (χ3n) is 2.36. The number of alkyl halides is 3. The molecule has 0 bridgehead atoms. The molecule has 0 radical (unpaired) electrons. The van der Waals surface area contributed by atoms with E-state index in [0.717, 1.165) is 12.1 Å². The minimum atomic E-state index is -4.72. The van der Waals surface area contributed by atoms with Crippen LogP contribution >= 0.6 is 11.8 Å². The van der Waals surface area contributed by atoms with Gasteiger partial charge in [0.2, 0.25) is 0 Å². The Balaban J connectivity index is 3.42. The van der Waals surface area contributed by atoms with Crippen LogP contribution in [0, 0.1) is 21.4 Å². The third kappa shape index (κ3) is 4.92. The topological polar surface area (TPSA) is 93.2 Å². The van der Waals surface area contributed by atoms with E-state index in [9.17, 15) is 28.1 Å². The van der Waals surface area contributed by atoms with E-state index in [1.54, 1.807) is 6.07 Å². The standard InChI is InChI=1S/C12H9F3N2O4S/c1-2-21-11(18)5-8-9(17(19)20)3-7(6-16)4-10(8)22-12(13,14)15/h3-4H,2,5H2,1H3. The highest BCUT2D eigenvalue weighted by atomic mass is 32.2. The monoisotopic (exact) mass is 334 g/mol. The number of carbonyl (C=O) groups is 1. The number of esters is 1. The number of halogens is 3. The maximum absolute atomic E-state index is 12.6. The summed E-state index contributed by atoms with van der Waals surface area (Å²) in [5.74, 6) is -0.890. The zero-order chi connectivity index (χ0) is 16.9. The fraction of sp³-hybridized carbons (Fsp3) is 0.333. The van der Waals surface area contributed by atoms with Crippen LogP contribution in [0.15, 0.2) is 17.0 Å². The highest BCUT2D eigenvalue weighted by Gasteiger charge is 2.33. The molecule has 10 heteroatoms. The molecular weight excluding hydrogens is 325 g/mol. The molecular formula is C12H9F3N2O4S. The van der Waals surface area contributed by atoms with Crippen molar-refractivity contribution in [3.05, 3.63) is 33.4 Å². The summed E-state index contributed by atoms with van der Waals surface area (Å²) in [7, 11) is 0. The first-order valence-electron chi connectivity index (χ1n) is 5.80. The fourth-order valence-electron chi connectivity index (χ4n) is 1.61. The summed E-state index contributed by atoms with van der Waals surface area (Å²) < 4.78 is 42.3. The van der Waals surface area contributed by atoms with Gasteiger partial charge >= 0.3 is 11.5 Å². The van der Waals surface area contributed by atoms with Gasteiger partial charge in [0.1, 0.15) is 0 Å². The van der Waals surface area contributed by atoms with Crippen molar-refractivity contribution in [1.82, 2.24) is 0 Å². The Morgan fingerprint density at radius 1 is 1.50 bits per heavy atom. The molecule has 0 N–H and O–H groups in total. The summed E-state index contributed by atoms with van der Waals surface area (Å²) in [6.07, 6.45) is -0.686. The van der Waals surface area contributed by atoms with E-state index < -0.39 is 50.7 Å². The average molecular weight is 334 g/mol. The first-order chi connectivity index (χ1) is 10.2. The van der Waals surface area contributed by atoms with Gasteiger partial charge in [-0.25, -0.2) is 0 Å². The molecule has 0 aliphatic carbocycles. The van der Waals surface area contributed by atoms with Crippen LogP contribution in [0.1, 0.15) is 18.1 Å². The largest absolute Gasteiger partial charge is 0.466 e. The number of hydrogen-bond acceptors (Lipinski definition) is 6. The van der Waals surface area contributed by atoms with Crippen LogP contribution in [0.3, 0.4) is 0 Å². The Bertz CT molecular complexity index is 640. The number of nitro groups is 1. The predicted octanol–water partition coefficient (Wildman–Crippen LogP) is 3.18. The van der Waals surface area contributed by atoms with E-state index >= 15 is 0 Å². The Labute approximate surface area is 127 Å². The predicted molar refractivity (Wildman–Crippen MR) is 70.1 cm³/mol. The lowest BCUT2D eigenvalue weighted by Gasteiger charge is -2.12. The number of nitro benzene ring substituents is 1. The number of rotatable bonds is 5. The zero-order valence-electron chi connectivity index (χ0n) is 11.1. The van der Waals surface area contributed by atoms with Gasteiger partial charge in [0, 0.05) is 11.0 Å². The second-order valence-electron chi connectivity index (χ2n) is 3.87. The van der Waals surface area contributed by atoms with Crippen LogP contribution in [-0.4, -0.2) is 23.0 Å². The van der Waals surface area contributed by atoms with Crippen LogP contribution in [-0.2, 0) is 16.0 Å². The summed E-state index contributed by atoms with van der Waals surface area (Å²) in [6.45, 7) is 1.49. The molecule has 0 unspecified atom stereocenters. The molecule has 0 aliphatic heterocycles. The number of benzene rings is 1. The van der Waals surface area contributed by atoms with Crippen molar-refractivity contribution in [2.24, 2.45) is 0 Å². The number of hydrogen-bond donors (Lipinski definition) is 0. The van der Waals surface area contributed by atoms with Crippen LogP contribution in [0.25, 0.3) is 0 Å². The van der Waals surface area contributed by atoms with E-state index in [1.807, 2.05) is 0 Å². The van der Waals surface area contributed by atoms with E-state index in [2.05, 4.69) is 4.74 Å². The highest BCUT2D eigenvalue weighted by molar-refractivity contribution is 8.00. The molecule has 0 saturated carbocycles. The molecule has 0 saturated heterocycles. The summed E-state index contributed by atoms with van der Waals surface area (Å²) in [5, 5.41) is 19.8. The number of ether oxygens (including phenoxy) is 1. The van der Waals surface area contributed by atoms with Crippen LogP contribution in [0.4, 0.5) is 18.9 Å². The van der Waals surface area contributed by atoms with Gasteiger partial charge in [-0.15, -0.1) is 0 Å². The number of thioether (sulfide) groups is 1. The summed E-state index contributed by atoms with van der Waals surface area (Å²) >= 11 is -0.615. The highest BCUT2D eigenvalue weighted by Crippen LogP contribution is 2.41. The van der Waals surface area contributed by atoms with Crippen LogP contribution in [0.5, 0.6) is 0 Å². The summed E-state index contributed by atoms with van der Waals surface area (Å²) in [4.78, 5) is 21.0. The number of nitrogens with zero attached hydrogens (tertiary/aromatic N) is 2. The van der Waals surface area contributed by atoms with Gasteiger partial charge in [0.15, 0.2) is 0 Å². The van der Waals surface area contributed by atoms with Crippen molar-refractivity contribution in [3.63, 3.8) is 0 Å². The lowest BCUT2D eigenvalue weighted by molar-refractivity contribution is -0.385. The van der Waals surface area contributed by atoms with E-state index in [-0.39, 0.29) is 12.2 Å². The first-order valence-corrected chi connectivity index (χ1v) is 6.62. The second-order valence-corrected chi connectivity index (χ2v) is 4.98. The van der Waals surface area contributed by atoms with E-state index in [4.69, 9.17) is 5.26 Å². The quantitative estimate of drug-likeness (QED) is 0.355. The molecule has 1 rings (SSSR count). The van der Waals surface area contributed by atoms with Crippen molar-refractivity contribution < 1.29 is 27.6 Å². The van der Waals surface area contributed by atoms with Crippen molar-refractivity contribution in [3.8, 4) is 6.07 Å². The molecule has 0 heterocycles. The molecule has 0 fully saturated rings. The molecule has 0 spiro atoms. The second kappa shape index (κ2) is 7.13. The SMILES string of the molecule is CCOC(=O)Cc1c(SC(F)(F)F)cc(C#N)cc1[N+](=O)[O-]. The Hall–Kier alpha value is -2.28. The maximum atomic E-state index is 12.6. The Kier molecular flexibility index (Phi) is 5.76. The van der Waals surface area contributed by atoms with Gasteiger partial charge < -0.3 is 4.74 Å². The molecule has 0 amide bonds. The Morgan fingerprint density at radius 2 is 2.14 bits per heavy atom. The first kappa shape index (κ1) is 17.8. The van der Waals surface area contributed by atoms with Gasteiger partial charge in [0.25, 0.3) is 5.69 Å². The summed E-state index contributed by atoms with van der Waals surface area (Å²) in [5.41, 5.74) is -6.17. The molecule has 0 atom stereocenters. The molecule has 1 aromatic carbocycles. The Morgan fingerprint density at radius 3 is 2.59 bits per heavy atom. The fourth-order valence-corrected chi connectivity index (χ4v) is 2.34.